The zero-order valence-corrected chi connectivity index (χ0v) is 13.7. The number of hydrogen-bond acceptors (Lipinski definition) is 3. The Morgan fingerprint density at radius 3 is 2.87 bits per heavy atom. The van der Waals surface area contributed by atoms with Crippen molar-refractivity contribution in [3.05, 3.63) is 36.2 Å². The van der Waals surface area contributed by atoms with E-state index in [4.69, 9.17) is 5.10 Å². The van der Waals surface area contributed by atoms with Gasteiger partial charge in [0.2, 0.25) is 5.91 Å². The normalized spacial score (nSPS) is 15.0. The number of aromatic nitrogens is 3. The molecule has 122 valence electrons. The molecule has 5 heteroatoms. The van der Waals surface area contributed by atoms with Crippen molar-refractivity contribution in [1.82, 2.24) is 20.1 Å². The molecule has 2 aromatic rings. The predicted octanol–water partition coefficient (Wildman–Crippen LogP) is 3.48. The van der Waals surface area contributed by atoms with Gasteiger partial charge in [0.1, 0.15) is 0 Å². The van der Waals surface area contributed by atoms with Gasteiger partial charge in [-0.3, -0.25) is 14.5 Å². The first-order valence-corrected chi connectivity index (χ1v) is 8.54. The molecule has 1 aliphatic carbocycles. The first-order chi connectivity index (χ1) is 11.3. The van der Waals surface area contributed by atoms with Crippen LogP contribution in [-0.4, -0.2) is 20.7 Å². The third kappa shape index (κ3) is 3.78. The minimum Gasteiger partial charge on any atom is -0.350 e. The van der Waals surface area contributed by atoms with Gasteiger partial charge in [-0.05, 0) is 37.5 Å². The van der Waals surface area contributed by atoms with Crippen LogP contribution in [-0.2, 0) is 11.3 Å². The van der Waals surface area contributed by atoms with E-state index in [9.17, 15) is 4.79 Å². The van der Waals surface area contributed by atoms with Crippen molar-refractivity contribution >= 4 is 5.91 Å². The molecule has 0 unspecified atom stereocenters. The number of hydrogen-bond donors (Lipinski definition) is 1. The van der Waals surface area contributed by atoms with Crippen LogP contribution in [0.1, 0.15) is 57.2 Å². The van der Waals surface area contributed by atoms with Gasteiger partial charge in [0.25, 0.3) is 0 Å². The number of nitrogens with one attached hydrogen (secondary N) is 1. The fourth-order valence-electron chi connectivity index (χ4n) is 3.17. The van der Waals surface area contributed by atoms with E-state index in [0.717, 1.165) is 23.5 Å². The fraction of sp³-hybridized carbons (Fsp3) is 0.500. The van der Waals surface area contributed by atoms with Gasteiger partial charge < -0.3 is 5.32 Å². The Hall–Kier alpha value is -2.17. The van der Waals surface area contributed by atoms with E-state index >= 15 is 0 Å². The largest absolute Gasteiger partial charge is 0.350 e. The van der Waals surface area contributed by atoms with Gasteiger partial charge in [0.05, 0.1) is 29.7 Å². The number of nitrogens with zero attached hydrogens (tertiary/aromatic N) is 3. The Bertz CT molecular complexity index is 644. The van der Waals surface area contributed by atoms with E-state index in [2.05, 4.69) is 21.0 Å². The number of carbonyl (C=O) groups is 1. The SMILES string of the molecule is CCCC(=O)NCc1cc(-c2ccccn2)n(C2CCCC2)n1. The second kappa shape index (κ2) is 7.40. The molecule has 2 heterocycles. The lowest BCUT2D eigenvalue weighted by Crippen LogP contribution is -2.22. The molecule has 0 radical (unpaired) electrons. The van der Waals surface area contributed by atoms with Gasteiger partial charge in [0.15, 0.2) is 0 Å². The summed E-state index contributed by atoms with van der Waals surface area (Å²) in [5, 5.41) is 7.71. The highest BCUT2D eigenvalue weighted by Crippen LogP contribution is 2.33. The molecule has 23 heavy (non-hydrogen) atoms. The molecule has 0 bridgehead atoms. The highest BCUT2D eigenvalue weighted by atomic mass is 16.1. The maximum absolute atomic E-state index is 11.7. The summed E-state index contributed by atoms with van der Waals surface area (Å²) in [5.41, 5.74) is 2.90. The molecule has 2 aromatic heterocycles. The highest BCUT2D eigenvalue weighted by molar-refractivity contribution is 5.75. The molecule has 5 nitrogen and oxygen atoms in total. The lowest BCUT2D eigenvalue weighted by Gasteiger charge is -2.13. The molecule has 0 spiro atoms. The van der Waals surface area contributed by atoms with Crippen LogP contribution < -0.4 is 5.32 Å². The molecule has 1 fully saturated rings. The van der Waals surface area contributed by atoms with E-state index in [1.54, 1.807) is 0 Å². The molecule has 1 amide bonds. The van der Waals surface area contributed by atoms with E-state index in [0.29, 0.717) is 19.0 Å². The minimum atomic E-state index is 0.0855. The smallest absolute Gasteiger partial charge is 0.220 e. The Morgan fingerprint density at radius 1 is 1.35 bits per heavy atom. The van der Waals surface area contributed by atoms with Crippen LogP contribution in [0, 0.1) is 0 Å². The second-order valence-electron chi connectivity index (χ2n) is 6.15. The lowest BCUT2D eigenvalue weighted by atomic mass is 10.2. The maximum atomic E-state index is 11.7. The van der Waals surface area contributed by atoms with Gasteiger partial charge in [-0.2, -0.15) is 5.10 Å². The molecular formula is C18H24N4O. The van der Waals surface area contributed by atoms with Crippen LogP contribution >= 0.6 is 0 Å². The third-order valence-electron chi connectivity index (χ3n) is 4.33. The van der Waals surface area contributed by atoms with E-state index in [-0.39, 0.29) is 5.91 Å². The monoisotopic (exact) mass is 312 g/mol. The van der Waals surface area contributed by atoms with Gasteiger partial charge >= 0.3 is 0 Å². The fourth-order valence-corrected chi connectivity index (χ4v) is 3.17. The molecular weight excluding hydrogens is 288 g/mol. The number of carbonyl (C=O) groups excluding carboxylic acids is 1. The van der Waals surface area contributed by atoms with Crippen LogP contribution in [0.5, 0.6) is 0 Å². The first kappa shape index (κ1) is 15.7. The Balaban J connectivity index is 1.83. The second-order valence-corrected chi connectivity index (χ2v) is 6.15. The van der Waals surface area contributed by atoms with E-state index in [1.165, 1.54) is 25.7 Å². The lowest BCUT2D eigenvalue weighted by molar-refractivity contribution is -0.121. The minimum absolute atomic E-state index is 0.0855. The van der Waals surface area contributed by atoms with Crippen molar-refractivity contribution in [1.29, 1.82) is 0 Å². The standard InChI is InChI=1S/C18H24N4O/c1-2-7-18(23)20-13-14-12-17(16-10-5-6-11-19-16)22(21-14)15-8-3-4-9-15/h5-6,10-12,15H,2-4,7-9,13H2,1H3,(H,20,23). The molecule has 1 aliphatic rings. The summed E-state index contributed by atoms with van der Waals surface area (Å²) in [6.45, 7) is 2.49. The van der Waals surface area contributed by atoms with Crippen LogP contribution in [0.4, 0.5) is 0 Å². The number of pyridine rings is 1. The predicted molar refractivity (Wildman–Crippen MR) is 89.7 cm³/mol. The Labute approximate surface area is 137 Å². The summed E-state index contributed by atoms with van der Waals surface area (Å²) >= 11 is 0. The van der Waals surface area contributed by atoms with Crippen molar-refractivity contribution in [3.8, 4) is 11.4 Å². The van der Waals surface area contributed by atoms with Crippen LogP contribution in [0.3, 0.4) is 0 Å². The number of rotatable bonds is 6. The highest BCUT2D eigenvalue weighted by Gasteiger charge is 2.22. The summed E-state index contributed by atoms with van der Waals surface area (Å²) < 4.78 is 2.12. The van der Waals surface area contributed by atoms with E-state index in [1.807, 2.05) is 31.3 Å². The van der Waals surface area contributed by atoms with Gasteiger partial charge in [-0.25, -0.2) is 0 Å². The molecule has 0 atom stereocenters. The topological polar surface area (TPSA) is 59.8 Å². The summed E-state index contributed by atoms with van der Waals surface area (Å²) in [4.78, 5) is 16.1. The average molecular weight is 312 g/mol. The van der Waals surface area contributed by atoms with Crippen molar-refractivity contribution in [2.75, 3.05) is 0 Å². The quantitative estimate of drug-likeness (QED) is 0.888. The van der Waals surface area contributed by atoms with Crippen molar-refractivity contribution < 1.29 is 4.79 Å². The van der Waals surface area contributed by atoms with Crippen molar-refractivity contribution in [2.45, 2.75) is 58.0 Å². The molecule has 0 aromatic carbocycles. The molecule has 3 rings (SSSR count). The summed E-state index contributed by atoms with van der Waals surface area (Å²) in [6, 6.07) is 8.45. The third-order valence-corrected chi connectivity index (χ3v) is 4.33. The van der Waals surface area contributed by atoms with Gasteiger partial charge in [-0.1, -0.05) is 25.8 Å². The Kier molecular flexibility index (Phi) is 5.05. The summed E-state index contributed by atoms with van der Waals surface area (Å²) in [6.07, 6.45) is 8.10. The van der Waals surface area contributed by atoms with Crippen LogP contribution in [0.25, 0.3) is 11.4 Å². The van der Waals surface area contributed by atoms with Crippen LogP contribution in [0.15, 0.2) is 30.5 Å². The summed E-state index contributed by atoms with van der Waals surface area (Å²) in [5.74, 6) is 0.0855. The average Bonchev–Trinajstić information content (AvgIpc) is 3.23. The van der Waals surface area contributed by atoms with Crippen LogP contribution in [0.2, 0.25) is 0 Å². The molecule has 0 aliphatic heterocycles. The zero-order chi connectivity index (χ0) is 16.1. The maximum Gasteiger partial charge on any atom is 0.220 e. The first-order valence-electron chi connectivity index (χ1n) is 8.54. The van der Waals surface area contributed by atoms with E-state index < -0.39 is 0 Å². The van der Waals surface area contributed by atoms with Gasteiger partial charge in [-0.15, -0.1) is 0 Å². The zero-order valence-electron chi connectivity index (χ0n) is 13.7. The van der Waals surface area contributed by atoms with Crippen molar-refractivity contribution in [2.24, 2.45) is 0 Å². The molecule has 0 saturated heterocycles. The Morgan fingerprint density at radius 2 is 2.17 bits per heavy atom. The summed E-state index contributed by atoms with van der Waals surface area (Å²) in [7, 11) is 0. The molecule has 1 saturated carbocycles. The van der Waals surface area contributed by atoms with Crippen molar-refractivity contribution in [3.63, 3.8) is 0 Å². The van der Waals surface area contributed by atoms with Gasteiger partial charge in [0, 0.05) is 12.6 Å². The molecule has 1 N–H and O–H groups in total. The number of amides is 1.